The van der Waals surface area contributed by atoms with E-state index >= 15 is 0 Å². The van der Waals surface area contributed by atoms with Gasteiger partial charge in [0.05, 0.1) is 22.1 Å². The Morgan fingerprint density at radius 1 is 0.322 bits per heavy atom. The predicted octanol–water partition coefficient (Wildman–Crippen LogP) is 15.3. The minimum Gasteiger partial charge on any atom is -0.309 e. The molecule has 1 aliphatic rings. The van der Waals surface area contributed by atoms with Crippen LogP contribution in [0.2, 0.25) is 0 Å². The molecule has 1 aliphatic carbocycles. The summed E-state index contributed by atoms with van der Waals surface area (Å²) in [4.78, 5) is 0. The number of fused-ring (bicyclic) bond motifs is 14. The molecular weight excluding hydrogens is 713 g/mol. The van der Waals surface area contributed by atoms with Gasteiger partial charge in [-0.15, -0.1) is 0 Å². The van der Waals surface area contributed by atoms with Crippen LogP contribution in [0.15, 0.2) is 194 Å². The average Bonchev–Trinajstić information content (AvgIpc) is 3.89. The maximum atomic E-state index is 2.47. The van der Waals surface area contributed by atoms with Crippen molar-refractivity contribution < 1.29 is 0 Å². The van der Waals surface area contributed by atoms with E-state index in [1.165, 1.54) is 121 Å². The molecule has 0 saturated heterocycles. The van der Waals surface area contributed by atoms with Gasteiger partial charge < -0.3 is 9.13 Å². The zero-order valence-corrected chi connectivity index (χ0v) is 32.9. The summed E-state index contributed by atoms with van der Waals surface area (Å²) in [6, 6.07) is 72.4. The highest BCUT2D eigenvalue weighted by Crippen LogP contribution is 2.51. The first-order chi connectivity index (χ1) is 29.0. The van der Waals surface area contributed by atoms with Crippen molar-refractivity contribution in [3.05, 3.63) is 205 Å². The molecule has 0 amide bonds. The number of nitrogens with zero attached hydrogens (tertiary/aromatic N) is 2. The molecule has 2 heteroatoms. The average molecular weight is 751 g/mol. The lowest BCUT2D eigenvalue weighted by molar-refractivity contribution is 0.660. The van der Waals surface area contributed by atoms with E-state index in [1.807, 2.05) is 0 Å². The van der Waals surface area contributed by atoms with E-state index in [2.05, 4.69) is 217 Å². The SMILES string of the molecule is CC1(C)c2cc(-c3cccc4cc5c(ccc6c5c5c7ccccc7ccc5n6-c5ccccc5)cc34)ccc2-c2ccc(-n3c4ccccc4c4ccccc43)cc21. The Labute approximate surface area is 341 Å². The first-order valence-electron chi connectivity index (χ1n) is 20.7. The maximum Gasteiger partial charge on any atom is 0.0547 e. The molecule has 0 unspecified atom stereocenters. The number of rotatable bonds is 3. The third kappa shape index (κ3) is 4.46. The number of benzene rings is 10. The fraction of sp³-hybridized carbons (Fsp3) is 0.0526. The summed E-state index contributed by atoms with van der Waals surface area (Å²) in [6.45, 7) is 4.79. The minimum absolute atomic E-state index is 0.173. The first kappa shape index (κ1) is 32.6. The van der Waals surface area contributed by atoms with Crippen molar-refractivity contribution in [1.82, 2.24) is 9.13 Å². The second kappa shape index (κ2) is 11.8. The zero-order valence-electron chi connectivity index (χ0n) is 32.9. The second-order valence-corrected chi connectivity index (χ2v) is 16.9. The summed E-state index contributed by atoms with van der Waals surface area (Å²) < 4.78 is 4.87. The van der Waals surface area contributed by atoms with Crippen molar-refractivity contribution in [1.29, 1.82) is 0 Å². The van der Waals surface area contributed by atoms with Crippen molar-refractivity contribution in [2.24, 2.45) is 0 Å². The van der Waals surface area contributed by atoms with Crippen LogP contribution in [0.25, 0.3) is 110 Å². The van der Waals surface area contributed by atoms with Crippen molar-refractivity contribution >= 4 is 75.9 Å². The zero-order chi connectivity index (χ0) is 39.0. The molecule has 0 spiro atoms. The topological polar surface area (TPSA) is 9.86 Å². The van der Waals surface area contributed by atoms with E-state index in [1.54, 1.807) is 0 Å². The number of hydrogen-bond acceptors (Lipinski definition) is 0. The molecule has 276 valence electrons. The van der Waals surface area contributed by atoms with E-state index in [0.29, 0.717) is 0 Å². The molecule has 0 saturated carbocycles. The van der Waals surface area contributed by atoms with Crippen molar-refractivity contribution in [2.45, 2.75) is 19.3 Å². The third-order valence-corrected chi connectivity index (χ3v) is 13.5. The molecule has 0 aliphatic heterocycles. The van der Waals surface area contributed by atoms with Gasteiger partial charge in [-0.25, -0.2) is 0 Å². The molecule has 0 bridgehead atoms. The minimum atomic E-state index is -0.173. The molecular formula is C57H38N2. The number of hydrogen-bond donors (Lipinski definition) is 0. The van der Waals surface area contributed by atoms with Crippen LogP contribution < -0.4 is 0 Å². The van der Waals surface area contributed by atoms with E-state index < -0.39 is 0 Å². The maximum absolute atomic E-state index is 2.47. The molecule has 2 aromatic heterocycles. The van der Waals surface area contributed by atoms with E-state index in [9.17, 15) is 0 Å². The smallest absolute Gasteiger partial charge is 0.0547 e. The van der Waals surface area contributed by atoms with Gasteiger partial charge in [0.15, 0.2) is 0 Å². The first-order valence-corrected chi connectivity index (χ1v) is 20.7. The van der Waals surface area contributed by atoms with Crippen molar-refractivity contribution in [3.63, 3.8) is 0 Å². The normalized spacial score (nSPS) is 13.4. The van der Waals surface area contributed by atoms with Gasteiger partial charge in [0.2, 0.25) is 0 Å². The molecule has 2 heterocycles. The number of para-hydroxylation sites is 3. The van der Waals surface area contributed by atoms with Crippen LogP contribution in [0.5, 0.6) is 0 Å². The van der Waals surface area contributed by atoms with Gasteiger partial charge in [0.1, 0.15) is 0 Å². The molecule has 0 N–H and O–H groups in total. The summed E-state index contributed by atoms with van der Waals surface area (Å²) in [5.41, 5.74) is 15.1. The lowest BCUT2D eigenvalue weighted by Crippen LogP contribution is -2.15. The molecule has 0 radical (unpaired) electrons. The van der Waals surface area contributed by atoms with Gasteiger partial charge in [-0.3, -0.25) is 0 Å². The Hall–Kier alpha value is -7.42. The Balaban J connectivity index is 0.976. The highest BCUT2D eigenvalue weighted by molar-refractivity contribution is 6.29. The number of aromatic nitrogens is 2. The Morgan fingerprint density at radius 2 is 0.881 bits per heavy atom. The molecule has 0 atom stereocenters. The van der Waals surface area contributed by atoms with E-state index in [4.69, 9.17) is 0 Å². The molecule has 2 nitrogen and oxygen atoms in total. The van der Waals surface area contributed by atoms with Crippen LogP contribution in [0.4, 0.5) is 0 Å². The van der Waals surface area contributed by atoms with Gasteiger partial charge in [-0.2, -0.15) is 0 Å². The quantitative estimate of drug-likeness (QED) is 0.159. The van der Waals surface area contributed by atoms with Gasteiger partial charge in [0.25, 0.3) is 0 Å². The third-order valence-electron chi connectivity index (χ3n) is 13.5. The van der Waals surface area contributed by atoms with E-state index in [0.717, 1.165) is 0 Å². The van der Waals surface area contributed by atoms with Crippen LogP contribution in [0.1, 0.15) is 25.0 Å². The van der Waals surface area contributed by atoms with Gasteiger partial charge >= 0.3 is 0 Å². The Morgan fingerprint density at radius 3 is 1.64 bits per heavy atom. The van der Waals surface area contributed by atoms with Gasteiger partial charge in [0, 0.05) is 38.3 Å². The fourth-order valence-electron chi connectivity index (χ4n) is 10.7. The summed E-state index contributed by atoms with van der Waals surface area (Å²) in [5.74, 6) is 0. The molecule has 12 aromatic rings. The largest absolute Gasteiger partial charge is 0.309 e. The molecule has 10 aromatic carbocycles. The van der Waals surface area contributed by atoms with Gasteiger partial charge in [-0.05, 0) is 132 Å². The summed E-state index contributed by atoms with van der Waals surface area (Å²) in [5, 5.41) is 12.8. The van der Waals surface area contributed by atoms with E-state index in [-0.39, 0.29) is 5.41 Å². The van der Waals surface area contributed by atoms with Crippen LogP contribution in [0.3, 0.4) is 0 Å². The van der Waals surface area contributed by atoms with Crippen molar-refractivity contribution in [3.8, 4) is 33.6 Å². The molecule has 13 rings (SSSR count). The standard InChI is InChI=1S/C57H38N2/c1-57(2)49-33-38(23-27-43(49)44-28-26-40(34-50(44)57)59-51-21-10-8-18-45(51)46-19-9-11-22-52(46)59)41-20-12-14-36-32-48-37(31-47(36)41)25-30-54-56(48)55-42-17-7-6-13-35(42)24-29-53(55)58(54)39-15-4-3-5-16-39/h3-34H,1-2H3. The summed E-state index contributed by atoms with van der Waals surface area (Å²) in [7, 11) is 0. The highest BCUT2D eigenvalue weighted by atomic mass is 15.0. The molecule has 0 fully saturated rings. The summed E-state index contributed by atoms with van der Waals surface area (Å²) in [6.07, 6.45) is 0. The van der Waals surface area contributed by atoms with Crippen LogP contribution in [0, 0.1) is 0 Å². The lowest BCUT2D eigenvalue weighted by atomic mass is 9.81. The van der Waals surface area contributed by atoms with Crippen molar-refractivity contribution in [2.75, 3.05) is 0 Å². The molecule has 59 heavy (non-hydrogen) atoms. The summed E-state index contributed by atoms with van der Waals surface area (Å²) >= 11 is 0. The van der Waals surface area contributed by atoms with Gasteiger partial charge in [-0.1, -0.05) is 141 Å². The predicted molar refractivity (Wildman–Crippen MR) is 251 cm³/mol. The van der Waals surface area contributed by atoms with Crippen LogP contribution in [-0.4, -0.2) is 9.13 Å². The highest BCUT2D eigenvalue weighted by Gasteiger charge is 2.36. The monoisotopic (exact) mass is 750 g/mol. The Kier molecular flexibility index (Phi) is 6.54. The van der Waals surface area contributed by atoms with Crippen LogP contribution in [-0.2, 0) is 5.41 Å². The fourth-order valence-corrected chi connectivity index (χ4v) is 10.7. The van der Waals surface area contributed by atoms with Crippen LogP contribution >= 0.6 is 0 Å². The second-order valence-electron chi connectivity index (χ2n) is 16.9. The Bertz CT molecular complexity index is 3690. The lowest BCUT2D eigenvalue weighted by Gasteiger charge is -2.23.